The Kier molecular flexibility index (Phi) is 6.14. The Morgan fingerprint density at radius 1 is 1.38 bits per heavy atom. The number of ketones is 1. The van der Waals surface area contributed by atoms with Crippen LogP contribution in [0.15, 0.2) is 0 Å². The van der Waals surface area contributed by atoms with Crippen molar-refractivity contribution < 1.29 is 14.3 Å². The number of carbonyl (C=O) groups is 2. The predicted octanol–water partition coefficient (Wildman–Crippen LogP) is 0.636. The van der Waals surface area contributed by atoms with E-state index in [0.29, 0.717) is 13.0 Å². The van der Waals surface area contributed by atoms with Crippen LogP contribution in [0.3, 0.4) is 0 Å². The van der Waals surface area contributed by atoms with Gasteiger partial charge >= 0.3 is 5.97 Å². The third kappa shape index (κ3) is 5.36. The van der Waals surface area contributed by atoms with Gasteiger partial charge in [0.05, 0.1) is 6.61 Å². The lowest BCUT2D eigenvalue weighted by Gasteiger charge is -2.08. The topological polar surface area (TPSA) is 69.4 Å². The number of rotatable bonds is 6. The summed E-state index contributed by atoms with van der Waals surface area (Å²) in [5.74, 6) is -0.477. The van der Waals surface area contributed by atoms with Gasteiger partial charge in [-0.25, -0.2) is 0 Å². The molecule has 0 aromatic carbocycles. The number of Topliss-reactive ketones (excluding diaryl/α,β-unsaturated/α-hetero) is 1. The lowest BCUT2D eigenvalue weighted by atomic mass is 10.1. The van der Waals surface area contributed by atoms with E-state index in [1.807, 2.05) is 6.92 Å². The maximum atomic E-state index is 11.1. The first-order valence-electron chi connectivity index (χ1n) is 4.55. The van der Waals surface area contributed by atoms with Crippen molar-refractivity contribution in [2.75, 3.05) is 6.61 Å². The van der Waals surface area contributed by atoms with Crippen molar-refractivity contribution in [3.63, 3.8) is 0 Å². The van der Waals surface area contributed by atoms with E-state index in [2.05, 4.69) is 4.74 Å². The molecule has 4 heteroatoms. The van der Waals surface area contributed by atoms with Gasteiger partial charge in [-0.2, -0.15) is 0 Å². The molecule has 76 valence electrons. The van der Waals surface area contributed by atoms with Gasteiger partial charge in [0.25, 0.3) is 0 Å². The van der Waals surface area contributed by atoms with E-state index in [9.17, 15) is 9.59 Å². The summed E-state index contributed by atoms with van der Waals surface area (Å²) < 4.78 is 4.67. The molecule has 0 amide bonds. The van der Waals surface area contributed by atoms with Crippen LogP contribution in [-0.4, -0.2) is 24.4 Å². The lowest BCUT2D eigenvalue weighted by Crippen LogP contribution is -2.34. The van der Waals surface area contributed by atoms with Gasteiger partial charge < -0.3 is 10.5 Å². The molecule has 0 aliphatic heterocycles. The maximum absolute atomic E-state index is 11.1. The maximum Gasteiger partial charge on any atom is 0.323 e. The lowest BCUT2D eigenvalue weighted by molar-refractivity contribution is -0.146. The third-order valence-corrected chi connectivity index (χ3v) is 1.57. The molecule has 1 atom stereocenters. The molecular weight excluding hydrogens is 170 g/mol. The number of esters is 1. The van der Waals surface area contributed by atoms with Crippen molar-refractivity contribution in [3.05, 3.63) is 0 Å². The highest BCUT2D eigenvalue weighted by Crippen LogP contribution is 1.99. The van der Waals surface area contributed by atoms with Crippen molar-refractivity contribution in [2.45, 2.75) is 39.2 Å². The molecule has 13 heavy (non-hydrogen) atoms. The smallest absolute Gasteiger partial charge is 0.323 e. The Morgan fingerprint density at radius 2 is 2.00 bits per heavy atom. The summed E-state index contributed by atoms with van der Waals surface area (Å²) in [6.07, 6.45) is 1.36. The van der Waals surface area contributed by atoms with Gasteiger partial charge in [0.1, 0.15) is 11.8 Å². The highest BCUT2D eigenvalue weighted by molar-refractivity contribution is 5.86. The average molecular weight is 187 g/mol. The molecule has 2 N–H and O–H groups in total. The van der Waals surface area contributed by atoms with Crippen molar-refractivity contribution >= 4 is 11.8 Å². The SMILES string of the molecule is CCCC(=O)CC(N)C(=O)OCC. The summed E-state index contributed by atoms with van der Waals surface area (Å²) in [5, 5.41) is 0. The minimum atomic E-state index is -0.793. The molecule has 0 aromatic heterocycles. The zero-order valence-corrected chi connectivity index (χ0v) is 8.21. The van der Waals surface area contributed by atoms with Crippen molar-refractivity contribution in [1.82, 2.24) is 0 Å². The summed E-state index contributed by atoms with van der Waals surface area (Å²) in [4.78, 5) is 22.1. The fourth-order valence-electron chi connectivity index (χ4n) is 0.959. The van der Waals surface area contributed by atoms with E-state index in [1.54, 1.807) is 6.92 Å². The van der Waals surface area contributed by atoms with Crippen molar-refractivity contribution in [2.24, 2.45) is 5.73 Å². The zero-order chi connectivity index (χ0) is 10.3. The Hall–Kier alpha value is -0.900. The Bertz CT molecular complexity index is 180. The summed E-state index contributed by atoms with van der Waals surface area (Å²) in [5.41, 5.74) is 5.44. The molecule has 4 nitrogen and oxygen atoms in total. The van der Waals surface area contributed by atoms with Gasteiger partial charge in [-0.15, -0.1) is 0 Å². The fraction of sp³-hybridized carbons (Fsp3) is 0.778. The average Bonchev–Trinajstić information content (AvgIpc) is 2.05. The van der Waals surface area contributed by atoms with Gasteiger partial charge in [0, 0.05) is 12.8 Å². The van der Waals surface area contributed by atoms with Crippen molar-refractivity contribution in [1.29, 1.82) is 0 Å². The molecule has 0 spiro atoms. The molecule has 0 saturated carbocycles. The quantitative estimate of drug-likeness (QED) is 0.619. The van der Waals surface area contributed by atoms with Crippen LogP contribution in [0.1, 0.15) is 33.1 Å². The number of ether oxygens (including phenoxy) is 1. The number of nitrogens with two attached hydrogens (primary N) is 1. The molecule has 0 heterocycles. The normalized spacial score (nSPS) is 12.2. The van der Waals surface area contributed by atoms with Crippen LogP contribution in [0.2, 0.25) is 0 Å². The molecule has 1 unspecified atom stereocenters. The van der Waals surface area contributed by atoms with Gasteiger partial charge in [-0.05, 0) is 13.3 Å². The standard InChI is InChI=1S/C9H17NO3/c1-3-5-7(11)6-8(10)9(12)13-4-2/h8H,3-6,10H2,1-2H3. The first-order chi connectivity index (χ1) is 6.11. The molecule has 0 aromatic rings. The van der Waals surface area contributed by atoms with E-state index in [1.165, 1.54) is 0 Å². The second kappa shape index (κ2) is 6.60. The summed E-state index contributed by atoms with van der Waals surface area (Å²) in [6, 6.07) is -0.793. The van der Waals surface area contributed by atoms with Crippen LogP contribution in [0.25, 0.3) is 0 Å². The fourth-order valence-corrected chi connectivity index (χ4v) is 0.959. The minimum absolute atomic E-state index is 0.0167. The molecule has 0 aliphatic rings. The number of carbonyl (C=O) groups excluding carboxylic acids is 2. The molecule has 0 radical (unpaired) electrons. The van der Waals surface area contributed by atoms with Gasteiger partial charge in [-0.3, -0.25) is 9.59 Å². The first-order valence-corrected chi connectivity index (χ1v) is 4.55. The third-order valence-electron chi connectivity index (χ3n) is 1.57. The first kappa shape index (κ1) is 12.1. The van der Waals surface area contributed by atoms with E-state index in [-0.39, 0.29) is 12.2 Å². The van der Waals surface area contributed by atoms with Crippen LogP contribution in [0, 0.1) is 0 Å². The van der Waals surface area contributed by atoms with Gasteiger partial charge in [0.15, 0.2) is 0 Å². The molecule has 0 fully saturated rings. The van der Waals surface area contributed by atoms with Crippen LogP contribution in [0.5, 0.6) is 0 Å². The van der Waals surface area contributed by atoms with Crippen LogP contribution < -0.4 is 5.73 Å². The minimum Gasteiger partial charge on any atom is -0.465 e. The Labute approximate surface area is 78.4 Å². The van der Waals surface area contributed by atoms with Crippen molar-refractivity contribution in [3.8, 4) is 0 Å². The van der Waals surface area contributed by atoms with Crippen LogP contribution in [-0.2, 0) is 14.3 Å². The summed E-state index contributed by atoms with van der Waals surface area (Å²) >= 11 is 0. The Morgan fingerprint density at radius 3 is 2.46 bits per heavy atom. The van der Waals surface area contributed by atoms with E-state index in [0.717, 1.165) is 6.42 Å². The highest BCUT2D eigenvalue weighted by atomic mass is 16.5. The largest absolute Gasteiger partial charge is 0.465 e. The predicted molar refractivity (Wildman–Crippen MR) is 49.1 cm³/mol. The zero-order valence-electron chi connectivity index (χ0n) is 8.21. The number of hydrogen-bond acceptors (Lipinski definition) is 4. The summed E-state index contributed by atoms with van der Waals surface area (Å²) in [7, 11) is 0. The molecule has 0 saturated heterocycles. The molecular formula is C9H17NO3. The van der Waals surface area contributed by atoms with E-state index in [4.69, 9.17) is 5.73 Å². The second-order valence-electron chi connectivity index (χ2n) is 2.85. The molecule has 0 rings (SSSR count). The van der Waals surface area contributed by atoms with E-state index < -0.39 is 12.0 Å². The molecule has 0 bridgehead atoms. The monoisotopic (exact) mass is 187 g/mol. The van der Waals surface area contributed by atoms with Gasteiger partial charge in [-0.1, -0.05) is 6.92 Å². The summed E-state index contributed by atoms with van der Waals surface area (Å²) in [6.45, 7) is 3.92. The van der Waals surface area contributed by atoms with Gasteiger partial charge in [0.2, 0.25) is 0 Å². The van der Waals surface area contributed by atoms with E-state index >= 15 is 0 Å². The highest BCUT2D eigenvalue weighted by Gasteiger charge is 2.17. The molecule has 0 aliphatic carbocycles. The number of hydrogen-bond donors (Lipinski definition) is 1. The Balaban J connectivity index is 3.78. The van der Waals surface area contributed by atoms with Crippen LogP contribution >= 0.6 is 0 Å². The second-order valence-corrected chi connectivity index (χ2v) is 2.85. The van der Waals surface area contributed by atoms with Crippen LogP contribution in [0.4, 0.5) is 0 Å².